The molecule has 0 saturated heterocycles. The van der Waals surface area contributed by atoms with Crippen LogP contribution in [0.4, 0.5) is 0 Å². The molecule has 112 valence electrons. The molecule has 0 aliphatic carbocycles. The van der Waals surface area contributed by atoms with Crippen molar-refractivity contribution >= 4 is 11.6 Å². The molecule has 0 unspecified atom stereocenters. The minimum Gasteiger partial charge on any atom is -0.496 e. The summed E-state index contributed by atoms with van der Waals surface area (Å²) in [5, 5.41) is -0.0155. The van der Waals surface area contributed by atoms with Crippen molar-refractivity contribution in [1.82, 2.24) is 15.0 Å². The van der Waals surface area contributed by atoms with Crippen molar-refractivity contribution in [2.24, 2.45) is 0 Å². The van der Waals surface area contributed by atoms with Gasteiger partial charge in [0.25, 0.3) is 0 Å². The Morgan fingerprint density at radius 2 is 1.48 bits per heavy atom. The van der Waals surface area contributed by atoms with Gasteiger partial charge in [-0.1, -0.05) is 0 Å². The quantitative estimate of drug-likeness (QED) is 0.811. The Bertz CT molecular complexity index is 602. The Hall–Kier alpha value is -2.28. The number of nitrogens with zero attached hydrogens (tertiary/aromatic N) is 3. The molecule has 0 aliphatic rings. The van der Waals surface area contributed by atoms with E-state index in [4.69, 9.17) is 30.5 Å². The third kappa shape index (κ3) is 4.09. The summed E-state index contributed by atoms with van der Waals surface area (Å²) in [5.41, 5.74) is 0. The first kappa shape index (κ1) is 15.1. The molecule has 0 saturated carbocycles. The fraction of sp³-hybridized carbons (Fsp3) is 0.308. The van der Waals surface area contributed by atoms with Gasteiger partial charge in [0.05, 0.1) is 20.8 Å². The third-order valence-corrected chi connectivity index (χ3v) is 2.54. The molecule has 1 aromatic heterocycles. The van der Waals surface area contributed by atoms with Gasteiger partial charge in [0.15, 0.2) is 0 Å². The molecule has 0 atom stereocenters. The molecule has 8 heteroatoms. The van der Waals surface area contributed by atoms with Gasteiger partial charge >= 0.3 is 12.0 Å². The zero-order valence-corrected chi connectivity index (χ0v) is 12.5. The normalized spacial score (nSPS) is 10.1. The van der Waals surface area contributed by atoms with Crippen LogP contribution in [0, 0.1) is 0 Å². The van der Waals surface area contributed by atoms with E-state index in [2.05, 4.69) is 15.0 Å². The first-order chi connectivity index (χ1) is 10.1. The summed E-state index contributed by atoms with van der Waals surface area (Å²) >= 11 is 5.80. The molecule has 2 rings (SSSR count). The number of methoxy groups -OCH3 is 2. The van der Waals surface area contributed by atoms with Gasteiger partial charge in [-0.2, -0.15) is 9.97 Å². The summed E-state index contributed by atoms with van der Waals surface area (Å²) < 4.78 is 21.0. The second-order valence-corrected chi connectivity index (χ2v) is 4.09. The Labute approximate surface area is 126 Å². The van der Waals surface area contributed by atoms with Crippen LogP contribution in [0.1, 0.15) is 6.92 Å². The van der Waals surface area contributed by atoms with Crippen LogP contribution in [0.2, 0.25) is 5.28 Å². The molecule has 0 fully saturated rings. The SMILES string of the molecule is CCOc1nc(Cl)nc(Oc2cc(OC)cc(OC)c2)n1. The highest BCUT2D eigenvalue weighted by atomic mass is 35.5. The number of halogens is 1. The van der Waals surface area contributed by atoms with Gasteiger partial charge in [0.2, 0.25) is 5.28 Å². The monoisotopic (exact) mass is 311 g/mol. The van der Waals surface area contributed by atoms with Crippen molar-refractivity contribution in [2.75, 3.05) is 20.8 Å². The van der Waals surface area contributed by atoms with Crippen LogP contribution < -0.4 is 18.9 Å². The van der Waals surface area contributed by atoms with Gasteiger partial charge in [0, 0.05) is 18.2 Å². The third-order valence-electron chi connectivity index (χ3n) is 2.37. The van der Waals surface area contributed by atoms with Crippen LogP contribution in [0.15, 0.2) is 18.2 Å². The average Bonchev–Trinajstić information content (AvgIpc) is 2.46. The number of hydrogen-bond acceptors (Lipinski definition) is 7. The minimum atomic E-state index is -0.0155. The summed E-state index contributed by atoms with van der Waals surface area (Å²) in [4.78, 5) is 11.7. The standard InChI is InChI=1S/C13H14ClN3O4/c1-4-20-12-15-11(14)16-13(17-12)21-10-6-8(18-2)5-9(7-10)19-3/h5-7H,4H2,1-3H3. The molecule has 2 aromatic rings. The molecule has 0 amide bonds. The molecule has 7 nitrogen and oxygen atoms in total. The van der Waals surface area contributed by atoms with E-state index in [1.54, 1.807) is 32.4 Å². The zero-order valence-electron chi connectivity index (χ0n) is 11.8. The maximum atomic E-state index is 5.80. The van der Waals surface area contributed by atoms with E-state index in [0.29, 0.717) is 23.9 Å². The number of ether oxygens (including phenoxy) is 4. The Morgan fingerprint density at radius 1 is 0.905 bits per heavy atom. The molecule has 0 radical (unpaired) electrons. The zero-order chi connectivity index (χ0) is 15.2. The molecule has 0 spiro atoms. The lowest BCUT2D eigenvalue weighted by molar-refractivity contribution is 0.302. The van der Waals surface area contributed by atoms with Gasteiger partial charge in [-0.25, -0.2) is 0 Å². The van der Waals surface area contributed by atoms with Crippen LogP contribution in [-0.2, 0) is 0 Å². The van der Waals surface area contributed by atoms with Crippen molar-refractivity contribution in [3.63, 3.8) is 0 Å². The highest BCUT2D eigenvalue weighted by molar-refractivity contribution is 6.28. The molecule has 0 N–H and O–H groups in total. The summed E-state index contributed by atoms with van der Waals surface area (Å²) in [6, 6.07) is 5.18. The van der Waals surface area contributed by atoms with Crippen LogP contribution in [-0.4, -0.2) is 35.8 Å². The lowest BCUT2D eigenvalue weighted by atomic mass is 10.3. The van der Waals surface area contributed by atoms with Crippen LogP contribution in [0.5, 0.6) is 29.3 Å². The van der Waals surface area contributed by atoms with E-state index in [1.165, 1.54) is 0 Å². The van der Waals surface area contributed by atoms with E-state index in [9.17, 15) is 0 Å². The average molecular weight is 312 g/mol. The minimum absolute atomic E-state index is 0.0155. The molecule has 0 bridgehead atoms. The highest BCUT2D eigenvalue weighted by Gasteiger charge is 2.10. The molecule has 1 heterocycles. The fourth-order valence-corrected chi connectivity index (χ4v) is 1.64. The molecular formula is C13H14ClN3O4. The largest absolute Gasteiger partial charge is 0.496 e. The topological polar surface area (TPSA) is 75.6 Å². The summed E-state index contributed by atoms with van der Waals surface area (Å²) in [5.74, 6) is 1.60. The van der Waals surface area contributed by atoms with E-state index in [0.717, 1.165) is 0 Å². The lowest BCUT2D eigenvalue weighted by Crippen LogP contribution is -2.01. The van der Waals surface area contributed by atoms with Gasteiger partial charge in [-0.05, 0) is 18.5 Å². The van der Waals surface area contributed by atoms with Crippen molar-refractivity contribution < 1.29 is 18.9 Å². The number of benzene rings is 1. The van der Waals surface area contributed by atoms with Gasteiger partial charge in [0.1, 0.15) is 17.2 Å². The summed E-state index contributed by atoms with van der Waals surface area (Å²) in [6.07, 6.45) is 0. The smallest absolute Gasteiger partial charge is 0.329 e. The predicted octanol–water partition coefficient (Wildman–Crippen LogP) is 2.73. The van der Waals surface area contributed by atoms with Crippen LogP contribution in [0.3, 0.4) is 0 Å². The van der Waals surface area contributed by atoms with Crippen molar-refractivity contribution in [1.29, 1.82) is 0 Å². The maximum Gasteiger partial charge on any atom is 0.329 e. The Kier molecular flexibility index (Phi) is 4.99. The van der Waals surface area contributed by atoms with E-state index in [-0.39, 0.29) is 17.3 Å². The van der Waals surface area contributed by atoms with Crippen LogP contribution in [0.25, 0.3) is 0 Å². The van der Waals surface area contributed by atoms with E-state index >= 15 is 0 Å². The highest BCUT2D eigenvalue weighted by Crippen LogP contribution is 2.30. The van der Waals surface area contributed by atoms with Crippen LogP contribution >= 0.6 is 11.6 Å². The fourth-order valence-electron chi connectivity index (χ4n) is 1.50. The predicted molar refractivity (Wildman–Crippen MR) is 75.6 cm³/mol. The van der Waals surface area contributed by atoms with Gasteiger partial charge in [-0.3, -0.25) is 0 Å². The molecular weight excluding hydrogens is 298 g/mol. The van der Waals surface area contributed by atoms with E-state index < -0.39 is 0 Å². The molecule has 1 aromatic carbocycles. The lowest BCUT2D eigenvalue weighted by Gasteiger charge is -2.09. The Morgan fingerprint density at radius 3 is 2.05 bits per heavy atom. The molecule has 21 heavy (non-hydrogen) atoms. The Balaban J connectivity index is 2.28. The molecule has 0 aliphatic heterocycles. The number of aromatic nitrogens is 3. The first-order valence-corrected chi connectivity index (χ1v) is 6.47. The second-order valence-electron chi connectivity index (χ2n) is 3.75. The van der Waals surface area contributed by atoms with Gasteiger partial charge in [-0.15, -0.1) is 4.98 Å². The first-order valence-electron chi connectivity index (χ1n) is 6.10. The number of rotatable bonds is 6. The second kappa shape index (κ2) is 6.94. The van der Waals surface area contributed by atoms with E-state index in [1.807, 2.05) is 6.92 Å². The number of hydrogen-bond donors (Lipinski definition) is 0. The van der Waals surface area contributed by atoms with Crippen molar-refractivity contribution in [2.45, 2.75) is 6.92 Å². The summed E-state index contributed by atoms with van der Waals surface area (Å²) in [7, 11) is 3.09. The maximum absolute atomic E-state index is 5.80. The summed E-state index contributed by atoms with van der Waals surface area (Å²) in [6.45, 7) is 2.22. The van der Waals surface area contributed by atoms with Gasteiger partial charge < -0.3 is 18.9 Å². The van der Waals surface area contributed by atoms with Crippen molar-refractivity contribution in [3.05, 3.63) is 23.5 Å². The van der Waals surface area contributed by atoms with Crippen molar-refractivity contribution in [3.8, 4) is 29.3 Å².